The van der Waals surface area contributed by atoms with Gasteiger partial charge in [0.05, 0.1) is 10.0 Å². The lowest BCUT2D eigenvalue weighted by molar-refractivity contribution is 0.304. The molecule has 0 fully saturated rings. The number of aromatic hydroxyl groups is 1. The predicted molar refractivity (Wildman–Crippen MR) is 125 cm³/mol. The number of aryl methyl sites for hydroxylation is 1. The van der Waals surface area contributed by atoms with Crippen molar-refractivity contribution < 1.29 is 9.84 Å². The van der Waals surface area contributed by atoms with Crippen LogP contribution in [0.25, 0.3) is 10.8 Å². The molecule has 0 amide bonds. The smallest absolute Gasteiger partial charge is 0.152 e. The molecule has 0 aromatic heterocycles. The summed E-state index contributed by atoms with van der Waals surface area (Å²) in [7, 11) is 0. The number of phenols is 1. The zero-order valence-corrected chi connectivity index (χ0v) is 18.0. The van der Waals surface area contributed by atoms with Crippen molar-refractivity contribution in [3.63, 3.8) is 0 Å². The lowest BCUT2D eigenvalue weighted by atomic mass is 10.0. The minimum Gasteiger partial charge on any atom is -0.505 e. The third-order valence-corrected chi connectivity index (χ3v) is 5.57. The molecule has 0 saturated heterocycles. The maximum Gasteiger partial charge on any atom is 0.152 e. The molecule has 152 valence electrons. The summed E-state index contributed by atoms with van der Waals surface area (Å²) in [4.78, 5) is 0. The summed E-state index contributed by atoms with van der Waals surface area (Å²) in [6.45, 7) is 3.07. The van der Waals surface area contributed by atoms with E-state index in [0.29, 0.717) is 13.2 Å². The number of halogens is 2. The van der Waals surface area contributed by atoms with Crippen molar-refractivity contribution in [2.75, 3.05) is 5.32 Å². The number of nitrogens with one attached hydrogen (secondary N) is 1. The van der Waals surface area contributed by atoms with Gasteiger partial charge in [-0.25, -0.2) is 0 Å². The number of anilines is 1. The van der Waals surface area contributed by atoms with Gasteiger partial charge in [-0.15, -0.1) is 0 Å². The molecule has 0 bridgehead atoms. The van der Waals surface area contributed by atoms with Gasteiger partial charge in [0.15, 0.2) is 5.75 Å². The second-order valence-corrected chi connectivity index (χ2v) is 7.99. The summed E-state index contributed by atoms with van der Waals surface area (Å²) >= 11 is 12.1. The van der Waals surface area contributed by atoms with E-state index in [1.165, 1.54) is 5.56 Å². The Kier molecular flexibility index (Phi) is 6.03. The molecular weight excluding hydrogens is 417 g/mol. The number of phenolic OH excluding ortho intramolecular Hbond substituents is 1. The zero-order chi connectivity index (χ0) is 21.1. The van der Waals surface area contributed by atoms with E-state index < -0.39 is 0 Å². The van der Waals surface area contributed by atoms with Gasteiger partial charge >= 0.3 is 0 Å². The fraction of sp³-hybridized carbons (Fsp3) is 0.120. The third kappa shape index (κ3) is 4.48. The van der Waals surface area contributed by atoms with Crippen molar-refractivity contribution in [2.24, 2.45) is 0 Å². The summed E-state index contributed by atoms with van der Waals surface area (Å²) in [6.07, 6.45) is 0. The first kappa shape index (κ1) is 20.4. The van der Waals surface area contributed by atoms with Crippen molar-refractivity contribution in [2.45, 2.75) is 20.1 Å². The molecule has 0 saturated carbocycles. The highest BCUT2D eigenvalue weighted by molar-refractivity contribution is 6.37. The minimum atomic E-state index is -0.115. The van der Waals surface area contributed by atoms with Crippen LogP contribution >= 0.6 is 23.2 Å². The topological polar surface area (TPSA) is 41.5 Å². The maximum atomic E-state index is 9.79. The Bertz CT molecular complexity index is 1170. The first-order valence-electron chi connectivity index (χ1n) is 9.62. The molecule has 0 heterocycles. The van der Waals surface area contributed by atoms with Crippen LogP contribution < -0.4 is 10.1 Å². The lowest BCUT2D eigenvalue weighted by Crippen LogP contribution is -2.05. The van der Waals surface area contributed by atoms with E-state index in [9.17, 15) is 5.11 Å². The molecule has 4 rings (SSSR count). The molecule has 3 nitrogen and oxygen atoms in total. The van der Waals surface area contributed by atoms with E-state index >= 15 is 0 Å². The van der Waals surface area contributed by atoms with Crippen LogP contribution in [0.2, 0.25) is 10.0 Å². The molecule has 0 aliphatic carbocycles. The van der Waals surface area contributed by atoms with Gasteiger partial charge < -0.3 is 15.2 Å². The van der Waals surface area contributed by atoms with Gasteiger partial charge in [0.1, 0.15) is 12.4 Å². The third-order valence-electron chi connectivity index (χ3n) is 5.00. The number of benzene rings is 4. The van der Waals surface area contributed by atoms with Gasteiger partial charge in [-0.2, -0.15) is 0 Å². The number of rotatable bonds is 6. The second-order valence-electron chi connectivity index (χ2n) is 7.18. The van der Waals surface area contributed by atoms with Gasteiger partial charge in [0.2, 0.25) is 0 Å². The van der Waals surface area contributed by atoms with Crippen LogP contribution in [0, 0.1) is 6.92 Å². The molecule has 2 N–H and O–H groups in total. The Balaban J connectivity index is 1.62. The van der Waals surface area contributed by atoms with Gasteiger partial charge in [-0.3, -0.25) is 0 Å². The summed E-state index contributed by atoms with van der Waals surface area (Å²) < 4.78 is 6.19. The standard InChI is InChI=1S/C25H21Cl2NO2/c1-16-6-8-17(9-7-16)15-30-24-11-10-18-4-2-3-5-20(18)21(24)14-28-19-12-22(26)25(29)23(27)13-19/h2-13,28-29H,14-15H2,1H3. The molecule has 0 aliphatic rings. The van der Waals surface area contributed by atoms with E-state index in [1.54, 1.807) is 12.1 Å². The van der Waals surface area contributed by atoms with Crippen LogP contribution in [0.15, 0.2) is 72.8 Å². The zero-order valence-electron chi connectivity index (χ0n) is 16.5. The maximum absolute atomic E-state index is 9.79. The van der Waals surface area contributed by atoms with E-state index in [-0.39, 0.29) is 15.8 Å². The number of hydrogen-bond acceptors (Lipinski definition) is 3. The van der Waals surface area contributed by atoms with Gasteiger partial charge in [0.25, 0.3) is 0 Å². The van der Waals surface area contributed by atoms with Crippen LogP contribution in [0.3, 0.4) is 0 Å². The largest absolute Gasteiger partial charge is 0.505 e. The Labute approximate surface area is 185 Å². The highest BCUT2D eigenvalue weighted by atomic mass is 35.5. The summed E-state index contributed by atoms with van der Waals surface area (Å²) in [5, 5.41) is 15.8. The Morgan fingerprint density at radius 3 is 2.33 bits per heavy atom. The molecule has 0 unspecified atom stereocenters. The minimum absolute atomic E-state index is 0.115. The normalized spacial score (nSPS) is 10.9. The second kappa shape index (κ2) is 8.86. The summed E-state index contributed by atoms with van der Waals surface area (Å²) in [5.74, 6) is 0.703. The Morgan fingerprint density at radius 2 is 1.60 bits per heavy atom. The molecule has 0 spiro atoms. The quantitative estimate of drug-likeness (QED) is 0.309. The van der Waals surface area contributed by atoms with Crippen LogP contribution in [-0.2, 0) is 13.2 Å². The van der Waals surface area contributed by atoms with Gasteiger partial charge in [-0.1, -0.05) is 83.4 Å². The Hall–Kier alpha value is -2.88. The van der Waals surface area contributed by atoms with E-state index in [4.69, 9.17) is 27.9 Å². The average molecular weight is 438 g/mol. The number of ether oxygens (including phenoxy) is 1. The average Bonchev–Trinajstić information content (AvgIpc) is 2.75. The first-order valence-corrected chi connectivity index (χ1v) is 10.4. The molecule has 0 aliphatic heterocycles. The first-order chi connectivity index (χ1) is 14.5. The van der Waals surface area contributed by atoms with Crippen molar-refractivity contribution >= 4 is 39.7 Å². The molecule has 0 radical (unpaired) electrons. The lowest BCUT2D eigenvalue weighted by Gasteiger charge is -2.16. The summed E-state index contributed by atoms with van der Waals surface area (Å²) in [6, 6.07) is 23.9. The van der Waals surface area contributed by atoms with Crippen molar-refractivity contribution in [1.82, 2.24) is 0 Å². The molecule has 30 heavy (non-hydrogen) atoms. The van der Waals surface area contributed by atoms with Crippen LogP contribution in [0.5, 0.6) is 11.5 Å². The molecule has 4 aromatic rings. The monoisotopic (exact) mass is 437 g/mol. The number of hydrogen-bond donors (Lipinski definition) is 2. The highest BCUT2D eigenvalue weighted by Crippen LogP contribution is 2.35. The van der Waals surface area contributed by atoms with Gasteiger partial charge in [0, 0.05) is 17.8 Å². The van der Waals surface area contributed by atoms with E-state index in [0.717, 1.165) is 33.3 Å². The van der Waals surface area contributed by atoms with Crippen LogP contribution in [-0.4, -0.2) is 5.11 Å². The fourth-order valence-electron chi connectivity index (χ4n) is 3.34. The fourth-order valence-corrected chi connectivity index (χ4v) is 3.82. The van der Waals surface area contributed by atoms with Gasteiger partial charge in [-0.05, 0) is 41.5 Å². The van der Waals surface area contributed by atoms with Crippen molar-refractivity contribution in [3.05, 3.63) is 99.5 Å². The van der Waals surface area contributed by atoms with Crippen molar-refractivity contribution in [3.8, 4) is 11.5 Å². The summed E-state index contributed by atoms with van der Waals surface area (Å²) in [5.41, 5.74) is 4.10. The van der Waals surface area contributed by atoms with E-state index in [1.807, 2.05) is 18.2 Å². The Morgan fingerprint density at radius 1 is 0.900 bits per heavy atom. The highest BCUT2D eigenvalue weighted by Gasteiger charge is 2.11. The molecular formula is C25H21Cl2NO2. The SMILES string of the molecule is Cc1ccc(COc2ccc3ccccc3c2CNc2cc(Cl)c(O)c(Cl)c2)cc1. The number of fused-ring (bicyclic) bond motifs is 1. The predicted octanol–water partition coefficient (Wildman–Crippen LogP) is 7.35. The van der Waals surface area contributed by atoms with Crippen LogP contribution in [0.4, 0.5) is 5.69 Å². The van der Waals surface area contributed by atoms with Crippen LogP contribution in [0.1, 0.15) is 16.7 Å². The van der Waals surface area contributed by atoms with E-state index in [2.05, 4.69) is 54.7 Å². The van der Waals surface area contributed by atoms with Crippen molar-refractivity contribution in [1.29, 1.82) is 0 Å². The molecule has 0 atom stereocenters. The molecule has 5 heteroatoms. The molecule has 4 aromatic carbocycles.